The van der Waals surface area contributed by atoms with Gasteiger partial charge in [0.2, 0.25) is 5.75 Å². The second-order valence-corrected chi connectivity index (χ2v) is 7.97. The third-order valence-electron chi connectivity index (χ3n) is 5.24. The van der Waals surface area contributed by atoms with Crippen molar-refractivity contribution < 1.29 is 27.9 Å². The minimum absolute atomic E-state index is 0.167. The zero-order chi connectivity index (χ0) is 23.3. The Bertz CT molecular complexity index is 967. The number of methoxy groups -OCH3 is 4. The highest BCUT2D eigenvalue weighted by Gasteiger charge is 2.43. The van der Waals surface area contributed by atoms with Crippen molar-refractivity contribution >= 4 is 23.6 Å². The van der Waals surface area contributed by atoms with Gasteiger partial charge in [0, 0.05) is 23.5 Å². The molecule has 1 atom stereocenters. The molecule has 0 N–H and O–H groups in total. The van der Waals surface area contributed by atoms with Gasteiger partial charge in [-0.05, 0) is 24.1 Å². The van der Waals surface area contributed by atoms with Crippen molar-refractivity contribution in [2.75, 3.05) is 39.1 Å². The van der Waals surface area contributed by atoms with Crippen molar-refractivity contribution in [2.24, 2.45) is 0 Å². The first kappa shape index (κ1) is 23.7. The summed E-state index contributed by atoms with van der Waals surface area (Å²) in [6.07, 6.45) is 2.16. The van der Waals surface area contributed by atoms with Crippen LogP contribution in [0.3, 0.4) is 0 Å². The van der Waals surface area contributed by atoms with E-state index in [2.05, 4.69) is 13.5 Å². The maximum absolute atomic E-state index is 12.8. The van der Waals surface area contributed by atoms with Gasteiger partial charge in [0.25, 0.3) is 5.91 Å². The smallest absolute Gasteiger partial charge is 0.256 e. The number of unbranched alkanes of at least 4 members (excludes halogenated alkanes) is 1. The summed E-state index contributed by atoms with van der Waals surface area (Å²) in [6, 6.07) is 8.80. The zero-order valence-electron chi connectivity index (χ0n) is 19.1. The Kier molecular flexibility index (Phi) is 7.80. The Labute approximate surface area is 193 Å². The molecule has 1 fully saturated rings. The number of carbonyl (C=O) groups excluding carboxylic acids is 1. The molecule has 1 heterocycles. The molecule has 2 aromatic rings. The van der Waals surface area contributed by atoms with Gasteiger partial charge in [-0.1, -0.05) is 26.0 Å². The Morgan fingerprint density at radius 1 is 0.938 bits per heavy atom. The van der Waals surface area contributed by atoms with Crippen LogP contribution in [0.2, 0.25) is 0 Å². The highest BCUT2D eigenvalue weighted by atomic mass is 32.2. The number of β-lactam (4-membered cyclic amide) rings is 1. The van der Waals surface area contributed by atoms with Crippen LogP contribution in [-0.4, -0.2) is 40.1 Å². The van der Waals surface area contributed by atoms with Gasteiger partial charge in [-0.15, -0.1) is 0 Å². The first-order valence-electron chi connectivity index (χ1n) is 10.3. The van der Waals surface area contributed by atoms with E-state index in [1.807, 2.05) is 18.2 Å². The molecule has 32 heavy (non-hydrogen) atoms. The summed E-state index contributed by atoms with van der Waals surface area (Å²) in [5, 5.41) is 0. The lowest BCUT2D eigenvalue weighted by Crippen LogP contribution is -2.48. The van der Waals surface area contributed by atoms with Crippen molar-refractivity contribution in [1.82, 2.24) is 0 Å². The minimum atomic E-state index is -0.348. The molecule has 0 aromatic heterocycles. The van der Waals surface area contributed by atoms with Gasteiger partial charge in [-0.3, -0.25) is 9.69 Å². The normalized spacial score (nSPS) is 15.3. The molecule has 3 rings (SSSR count). The van der Waals surface area contributed by atoms with E-state index in [1.165, 1.54) is 19.2 Å². The van der Waals surface area contributed by atoms with Gasteiger partial charge in [0.15, 0.2) is 23.0 Å². The van der Waals surface area contributed by atoms with Crippen LogP contribution in [0, 0.1) is 0 Å². The lowest BCUT2D eigenvalue weighted by atomic mass is 9.88. The average Bonchev–Trinajstić information content (AvgIpc) is 2.83. The Morgan fingerprint density at radius 3 is 2.16 bits per heavy atom. The molecule has 7 nitrogen and oxygen atoms in total. The Balaban J connectivity index is 1.96. The van der Waals surface area contributed by atoms with Crippen molar-refractivity contribution in [1.29, 1.82) is 0 Å². The predicted molar refractivity (Wildman–Crippen MR) is 126 cm³/mol. The van der Waals surface area contributed by atoms with E-state index in [0.717, 1.165) is 24.2 Å². The van der Waals surface area contributed by atoms with Crippen molar-refractivity contribution in [3.05, 3.63) is 48.0 Å². The topological polar surface area (TPSA) is 66.5 Å². The largest absolute Gasteiger partial charge is 0.493 e. The van der Waals surface area contributed by atoms with Crippen LogP contribution < -0.4 is 28.0 Å². The van der Waals surface area contributed by atoms with Gasteiger partial charge in [-0.2, -0.15) is 0 Å². The summed E-state index contributed by atoms with van der Waals surface area (Å²) in [4.78, 5) is 14.5. The molecule has 1 saturated heterocycles. The predicted octanol–water partition coefficient (Wildman–Crippen LogP) is 5.19. The average molecular weight is 460 g/mol. The summed E-state index contributed by atoms with van der Waals surface area (Å²) < 4.78 is 27.6. The van der Waals surface area contributed by atoms with E-state index in [9.17, 15) is 4.79 Å². The number of ether oxygens (including phenoxy) is 4. The van der Waals surface area contributed by atoms with Crippen LogP contribution in [0.5, 0.6) is 28.7 Å². The van der Waals surface area contributed by atoms with E-state index in [1.54, 1.807) is 38.4 Å². The molecule has 8 heteroatoms. The fourth-order valence-electron chi connectivity index (χ4n) is 3.54. The third-order valence-corrected chi connectivity index (χ3v) is 6.00. The van der Waals surface area contributed by atoms with E-state index in [-0.39, 0.29) is 11.9 Å². The second-order valence-electron chi connectivity index (χ2n) is 7.16. The standard InChI is InChI=1S/C24H29NO6S/c1-7-8-11-32-31-19-12-16(9-10-18(19)27-3)22-15(2)24(26)25(22)17-13-20(28-4)23(30-6)21(14-17)29-5/h9-10,12-14,22H,2,7-8,11H2,1,3-6H3/t22-/m1/s1. The zero-order valence-corrected chi connectivity index (χ0v) is 19.9. The monoisotopic (exact) mass is 459 g/mol. The summed E-state index contributed by atoms with van der Waals surface area (Å²) >= 11 is 1.39. The van der Waals surface area contributed by atoms with Crippen LogP contribution in [0.1, 0.15) is 31.4 Å². The molecule has 0 radical (unpaired) electrons. The summed E-state index contributed by atoms with van der Waals surface area (Å²) in [5.74, 6) is 3.37. The van der Waals surface area contributed by atoms with Gasteiger partial charge < -0.3 is 23.1 Å². The fourth-order valence-corrected chi connectivity index (χ4v) is 4.29. The van der Waals surface area contributed by atoms with Crippen molar-refractivity contribution in [3.63, 3.8) is 0 Å². The number of hydrogen-bond acceptors (Lipinski definition) is 7. The van der Waals surface area contributed by atoms with Gasteiger partial charge in [0.1, 0.15) is 0 Å². The highest BCUT2D eigenvalue weighted by molar-refractivity contribution is 7.95. The van der Waals surface area contributed by atoms with Gasteiger partial charge in [-0.25, -0.2) is 0 Å². The minimum Gasteiger partial charge on any atom is -0.493 e. The number of benzene rings is 2. The molecule has 0 unspecified atom stereocenters. The number of amides is 1. The molecule has 0 spiro atoms. The van der Waals surface area contributed by atoms with E-state index in [4.69, 9.17) is 23.1 Å². The first-order valence-corrected chi connectivity index (χ1v) is 11.2. The fraction of sp³-hybridized carbons (Fsp3) is 0.375. The first-order chi connectivity index (χ1) is 15.5. The van der Waals surface area contributed by atoms with Gasteiger partial charge in [0.05, 0.1) is 52.2 Å². The number of hydrogen-bond donors (Lipinski definition) is 0. The molecule has 2 aromatic carbocycles. The third kappa shape index (κ3) is 4.46. The molecule has 1 amide bonds. The second kappa shape index (κ2) is 10.5. The van der Waals surface area contributed by atoms with Crippen LogP contribution in [0.4, 0.5) is 5.69 Å². The van der Waals surface area contributed by atoms with E-state index >= 15 is 0 Å². The number of anilines is 1. The molecule has 172 valence electrons. The van der Waals surface area contributed by atoms with Crippen LogP contribution in [-0.2, 0) is 4.79 Å². The molecule has 0 saturated carbocycles. The number of nitrogens with zero attached hydrogens (tertiary/aromatic N) is 1. The molecular weight excluding hydrogens is 430 g/mol. The molecule has 1 aliphatic heterocycles. The van der Waals surface area contributed by atoms with E-state index < -0.39 is 0 Å². The van der Waals surface area contributed by atoms with Gasteiger partial charge >= 0.3 is 0 Å². The summed E-state index contributed by atoms with van der Waals surface area (Å²) in [5.41, 5.74) is 1.99. The summed E-state index contributed by atoms with van der Waals surface area (Å²) in [7, 11) is 6.22. The van der Waals surface area contributed by atoms with E-state index in [0.29, 0.717) is 40.0 Å². The maximum Gasteiger partial charge on any atom is 0.256 e. The lowest BCUT2D eigenvalue weighted by Gasteiger charge is -2.42. The van der Waals surface area contributed by atoms with Crippen LogP contribution in [0.15, 0.2) is 42.5 Å². The molecule has 0 aliphatic carbocycles. The molecule has 0 bridgehead atoms. The SMILES string of the molecule is C=C1C(=O)N(c2cc(OC)c(OC)c(OC)c2)[C@H]1c1ccc(OC)c(OSCCCC)c1. The summed E-state index contributed by atoms with van der Waals surface area (Å²) in [6.45, 7) is 6.13. The van der Waals surface area contributed by atoms with Crippen LogP contribution in [0.25, 0.3) is 0 Å². The van der Waals surface area contributed by atoms with Crippen molar-refractivity contribution in [3.8, 4) is 28.7 Å². The van der Waals surface area contributed by atoms with Crippen LogP contribution >= 0.6 is 12.0 Å². The lowest BCUT2D eigenvalue weighted by molar-refractivity contribution is -0.118. The molecule has 1 aliphatic rings. The Morgan fingerprint density at radius 2 is 1.59 bits per heavy atom. The Hall–Kier alpha value is -3.00. The number of rotatable bonds is 11. The van der Waals surface area contributed by atoms with Crippen molar-refractivity contribution in [2.45, 2.75) is 25.8 Å². The number of carbonyl (C=O) groups is 1. The molecular formula is C24H29NO6S. The quantitative estimate of drug-likeness (QED) is 0.198. The highest BCUT2D eigenvalue weighted by Crippen LogP contribution is 2.48. The maximum atomic E-state index is 12.8.